The molecule has 0 atom stereocenters. The second kappa shape index (κ2) is 9.94. The third-order valence-corrected chi connectivity index (χ3v) is 4.41. The van der Waals surface area contributed by atoms with Crippen molar-refractivity contribution in [2.24, 2.45) is 0 Å². The molecule has 0 aromatic heterocycles. The van der Waals surface area contributed by atoms with Crippen LogP contribution < -0.4 is 14.8 Å². The quantitative estimate of drug-likeness (QED) is 0.723. The number of nitrogens with one attached hydrogen (secondary N) is 1. The minimum absolute atomic E-state index is 0.0860. The molecule has 1 N–H and O–H groups in total. The van der Waals surface area contributed by atoms with Gasteiger partial charge in [-0.25, -0.2) is 0 Å². The van der Waals surface area contributed by atoms with Crippen molar-refractivity contribution < 1.29 is 19.0 Å². The number of hydrogen-bond acceptors (Lipinski definition) is 5. The molecule has 0 bridgehead atoms. The molecule has 1 aliphatic rings. The maximum absolute atomic E-state index is 12.4. The van der Waals surface area contributed by atoms with E-state index in [9.17, 15) is 4.79 Å². The average molecular weight is 370 g/mol. The number of amides is 1. The molecule has 1 heterocycles. The van der Waals surface area contributed by atoms with Crippen molar-refractivity contribution >= 4 is 5.91 Å². The Morgan fingerprint density at radius 1 is 1.11 bits per heavy atom. The predicted octanol–water partition coefficient (Wildman–Crippen LogP) is 2.34. The van der Waals surface area contributed by atoms with Crippen molar-refractivity contribution in [2.45, 2.75) is 6.54 Å². The van der Waals surface area contributed by atoms with Crippen molar-refractivity contribution in [1.29, 1.82) is 0 Å². The fourth-order valence-electron chi connectivity index (χ4n) is 2.94. The first-order valence-corrected chi connectivity index (χ1v) is 9.19. The molecule has 1 fully saturated rings. The highest BCUT2D eigenvalue weighted by Crippen LogP contribution is 2.16. The zero-order valence-electron chi connectivity index (χ0n) is 15.6. The van der Waals surface area contributed by atoms with Gasteiger partial charge in [0.25, 0.3) is 5.91 Å². The Morgan fingerprint density at radius 2 is 1.85 bits per heavy atom. The van der Waals surface area contributed by atoms with Gasteiger partial charge in [-0.2, -0.15) is 0 Å². The molecule has 144 valence electrons. The Balaban J connectivity index is 1.43. The number of methoxy groups -OCH3 is 1. The van der Waals surface area contributed by atoms with Gasteiger partial charge in [0.2, 0.25) is 0 Å². The normalized spacial score (nSPS) is 14.6. The molecule has 0 unspecified atom stereocenters. The van der Waals surface area contributed by atoms with Crippen LogP contribution in [0.1, 0.15) is 15.9 Å². The number of rotatable bonds is 8. The van der Waals surface area contributed by atoms with Gasteiger partial charge in [0.05, 0.1) is 26.9 Å². The summed E-state index contributed by atoms with van der Waals surface area (Å²) < 4.78 is 16.1. The van der Waals surface area contributed by atoms with Crippen LogP contribution in [0, 0.1) is 0 Å². The summed E-state index contributed by atoms with van der Waals surface area (Å²) in [6, 6.07) is 15.1. The first kappa shape index (κ1) is 19.2. The lowest BCUT2D eigenvalue weighted by molar-refractivity contribution is 0.0342. The SMILES string of the molecule is COc1ccc(OCCNC(=O)c2cccc(CN3CCOCC3)c2)cc1. The van der Waals surface area contributed by atoms with Crippen molar-refractivity contribution in [3.05, 3.63) is 59.7 Å². The summed E-state index contributed by atoms with van der Waals surface area (Å²) in [7, 11) is 1.63. The minimum Gasteiger partial charge on any atom is -0.497 e. The lowest BCUT2D eigenvalue weighted by Crippen LogP contribution is -2.35. The summed E-state index contributed by atoms with van der Waals surface area (Å²) in [6.45, 7) is 5.09. The number of carbonyl (C=O) groups is 1. The molecule has 2 aromatic rings. The highest BCUT2D eigenvalue weighted by Gasteiger charge is 2.12. The van der Waals surface area contributed by atoms with Gasteiger partial charge in [0, 0.05) is 25.2 Å². The Morgan fingerprint density at radius 3 is 2.59 bits per heavy atom. The van der Waals surface area contributed by atoms with Gasteiger partial charge in [-0.3, -0.25) is 9.69 Å². The van der Waals surface area contributed by atoms with Gasteiger partial charge in [0.1, 0.15) is 18.1 Å². The Bertz CT molecular complexity index is 727. The molecule has 0 aliphatic carbocycles. The number of hydrogen-bond donors (Lipinski definition) is 1. The van der Waals surface area contributed by atoms with Crippen LogP contribution >= 0.6 is 0 Å². The van der Waals surface area contributed by atoms with Gasteiger partial charge in [-0.1, -0.05) is 12.1 Å². The molecule has 6 nitrogen and oxygen atoms in total. The van der Waals surface area contributed by atoms with E-state index in [2.05, 4.69) is 16.3 Å². The number of morpholine rings is 1. The van der Waals surface area contributed by atoms with Crippen LogP contribution in [0.3, 0.4) is 0 Å². The van der Waals surface area contributed by atoms with E-state index in [1.54, 1.807) is 7.11 Å². The first-order valence-electron chi connectivity index (χ1n) is 9.19. The lowest BCUT2D eigenvalue weighted by Gasteiger charge is -2.26. The first-order chi connectivity index (χ1) is 13.2. The monoisotopic (exact) mass is 370 g/mol. The summed E-state index contributed by atoms with van der Waals surface area (Å²) in [5.41, 5.74) is 1.81. The summed E-state index contributed by atoms with van der Waals surface area (Å²) in [5, 5.41) is 2.90. The number of benzene rings is 2. The van der Waals surface area contributed by atoms with Gasteiger partial charge < -0.3 is 19.5 Å². The van der Waals surface area contributed by atoms with Crippen LogP contribution in [-0.4, -0.2) is 57.4 Å². The second-order valence-corrected chi connectivity index (χ2v) is 6.37. The summed E-state index contributed by atoms with van der Waals surface area (Å²) in [6.07, 6.45) is 0. The Kier molecular flexibility index (Phi) is 7.07. The smallest absolute Gasteiger partial charge is 0.251 e. The molecule has 2 aromatic carbocycles. The van der Waals surface area contributed by atoms with Crippen LogP contribution in [0.4, 0.5) is 0 Å². The van der Waals surface area contributed by atoms with Gasteiger partial charge in [0.15, 0.2) is 0 Å². The van der Waals surface area contributed by atoms with Crippen molar-refractivity contribution in [3.8, 4) is 11.5 Å². The van der Waals surface area contributed by atoms with Gasteiger partial charge >= 0.3 is 0 Å². The average Bonchev–Trinajstić information content (AvgIpc) is 2.72. The third kappa shape index (κ3) is 5.98. The largest absolute Gasteiger partial charge is 0.497 e. The molecule has 3 rings (SSSR count). The van der Waals surface area contributed by atoms with Crippen LogP contribution in [-0.2, 0) is 11.3 Å². The van der Waals surface area contributed by atoms with E-state index >= 15 is 0 Å². The maximum atomic E-state index is 12.4. The standard InChI is InChI=1S/C21H26N2O4/c1-25-19-5-7-20(8-6-19)27-12-9-22-21(24)18-4-2-3-17(15-18)16-23-10-13-26-14-11-23/h2-8,15H,9-14,16H2,1H3,(H,22,24). The number of ether oxygens (including phenoxy) is 3. The van der Waals surface area contributed by atoms with Gasteiger partial charge in [-0.05, 0) is 42.0 Å². The van der Waals surface area contributed by atoms with E-state index in [0.717, 1.165) is 49.9 Å². The lowest BCUT2D eigenvalue weighted by atomic mass is 10.1. The van der Waals surface area contributed by atoms with E-state index in [-0.39, 0.29) is 5.91 Å². The van der Waals surface area contributed by atoms with Crippen LogP contribution in [0.5, 0.6) is 11.5 Å². The van der Waals surface area contributed by atoms with Gasteiger partial charge in [-0.15, -0.1) is 0 Å². The summed E-state index contributed by atoms with van der Waals surface area (Å²) >= 11 is 0. The van der Waals surface area contributed by atoms with Crippen LogP contribution in [0.25, 0.3) is 0 Å². The molecule has 0 radical (unpaired) electrons. The third-order valence-electron chi connectivity index (χ3n) is 4.41. The Labute approximate surface area is 160 Å². The number of nitrogens with zero attached hydrogens (tertiary/aromatic N) is 1. The van der Waals surface area contributed by atoms with E-state index < -0.39 is 0 Å². The maximum Gasteiger partial charge on any atom is 0.251 e. The zero-order valence-corrected chi connectivity index (χ0v) is 15.6. The topological polar surface area (TPSA) is 60.0 Å². The van der Waals surface area contributed by atoms with E-state index in [0.29, 0.717) is 18.7 Å². The highest BCUT2D eigenvalue weighted by molar-refractivity contribution is 5.94. The van der Waals surface area contributed by atoms with E-state index in [4.69, 9.17) is 14.2 Å². The molecular weight excluding hydrogens is 344 g/mol. The Hall–Kier alpha value is -2.57. The van der Waals surface area contributed by atoms with Crippen molar-refractivity contribution in [2.75, 3.05) is 46.6 Å². The second-order valence-electron chi connectivity index (χ2n) is 6.37. The van der Waals surface area contributed by atoms with Crippen molar-refractivity contribution in [3.63, 3.8) is 0 Å². The van der Waals surface area contributed by atoms with E-state index in [1.807, 2.05) is 42.5 Å². The highest BCUT2D eigenvalue weighted by atomic mass is 16.5. The fourth-order valence-corrected chi connectivity index (χ4v) is 2.94. The molecule has 1 amide bonds. The molecule has 1 saturated heterocycles. The van der Waals surface area contributed by atoms with Crippen molar-refractivity contribution in [1.82, 2.24) is 10.2 Å². The van der Waals surface area contributed by atoms with Crippen LogP contribution in [0.15, 0.2) is 48.5 Å². The fraction of sp³-hybridized carbons (Fsp3) is 0.381. The number of carbonyl (C=O) groups excluding carboxylic acids is 1. The minimum atomic E-state index is -0.0860. The van der Waals surface area contributed by atoms with E-state index in [1.165, 1.54) is 0 Å². The molecule has 1 aliphatic heterocycles. The molecule has 27 heavy (non-hydrogen) atoms. The molecule has 0 saturated carbocycles. The predicted molar refractivity (Wildman–Crippen MR) is 103 cm³/mol. The summed E-state index contributed by atoms with van der Waals surface area (Å²) in [5.74, 6) is 1.45. The molecule has 6 heteroatoms. The molecule has 0 spiro atoms. The summed E-state index contributed by atoms with van der Waals surface area (Å²) in [4.78, 5) is 14.7. The molecular formula is C21H26N2O4. The zero-order chi connectivity index (χ0) is 18.9. The van der Waals surface area contributed by atoms with Crippen LogP contribution in [0.2, 0.25) is 0 Å².